The molecule has 3 rings (SSSR count). The summed E-state index contributed by atoms with van der Waals surface area (Å²) >= 11 is 0. The van der Waals surface area contributed by atoms with Crippen LogP contribution in [-0.2, 0) is 11.2 Å². The van der Waals surface area contributed by atoms with Crippen LogP contribution >= 0.6 is 24.0 Å². The summed E-state index contributed by atoms with van der Waals surface area (Å²) in [5.74, 6) is 0.0947. The van der Waals surface area contributed by atoms with Gasteiger partial charge in [-0.25, -0.2) is 9.18 Å². The van der Waals surface area contributed by atoms with E-state index in [-0.39, 0.29) is 54.8 Å². The molecule has 1 aliphatic heterocycles. The number of aromatic nitrogens is 1. The Morgan fingerprint density at radius 3 is 2.78 bits per heavy atom. The normalized spacial score (nSPS) is 14.3. The molecule has 1 aromatic heterocycles. The molecule has 1 aromatic carbocycles. The van der Waals surface area contributed by atoms with Crippen LogP contribution in [0.1, 0.15) is 5.56 Å². The Hall–Kier alpha value is -2.37. The number of halogens is 2. The number of urea groups is 1. The second-order valence-electron chi connectivity index (χ2n) is 5.88. The average Bonchev–Trinajstić information content (AvgIpc) is 3.17. The number of hydrogen-bond acceptors (Lipinski definition) is 3. The smallest absolute Gasteiger partial charge is 0.324 e. The molecule has 1 saturated heterocycles. The maximum atomic E-state index is 13.2. The third-order valence-electron chi connectivity index (χ3n) is 4.20. The maximum absolute atomic E-state index is 13.2. The van der Waals surface area contributed by atoms with E-state index in [0.717, 1.165) is 22.9 Å². The standard InChI is InChI=1S/C17H21FN6O2.HI/c1-19-16(21-6-7-24-15(25)10-23-17(24)26)20-5-4-11-9-22-14-8-12(18)2-3-13(11)14;/h2-3,8-9,22H,4-7,10H2,1H3,(H,23,26)(H2,19,20,21);1H. The van der Waals surface area contributed by atoms with E-state index in [1.165, 1.54) is 17.0 Å². The van der Waals surface area contributed by atoms with Crippen molar-refractivity contribution in [3.8, 4) is 0 Å². The minimum atomic E-state index is -0.365. The molecule has 2 aromatic rings. The summed E-state index contributed by atoms with van der Waals surface area (Å²) in [6.45, 7) is 1.37. The number of aliphatic imine (C=N–C) groups is 1. The first-order valence-corrected chi connectivity index (χ1v) is 8.36. The number of carbonyl (C=O) groups is 2. The largest absolute Gasteiger partial charge is 0.361 e. The summed E-state index contributed by atoms with van der Waals surface area (Å²) in [5, 5.41) is 9.72. The van der Waals surface area contributed by atoms with Crippen molar-refractivity contribution in [2.75, 3.05) is 33.2 Å². The first-order chi connectivity index (χ1) is 12.6. The summed E-state index contributed by atoms with van der Waals surface area (Å²) in [6.07, 6.45) is 2.61. The van der Waals surface area contributed by atoms with Crippen LogP contribution in [0.3, 0.4) is 0 Å². The van der Waals surface area contributed by atoms with Gasteiger partial charge in [0.25, 0.3) is 0 Å². The van der Waals surface area contributed by atoms with E-state index < -0.39 is 0 Å². The van der Waals surface area contributed by atoms with E-state index in [9.17, 15) is 14.0 Å². The van der Waals surface area contributed by atoms with Gasteiger partial charge < -0.3 is 20.9 Å². The van der Waals surface area contributed by atoms with Gasteiger partial charge in [-0.1, -0.05) is 0 Å². The second-order valence-corrected chi connectivity index (χ2v) is 5.88. The van der Waals surface area contributed by atoms with Gasteiger partial charge in [0.2, 0.25) is 5.91 Å². The number of rotatable bonds is 6. The number of carbonyl (C=O) groups excluding carboxylic acids is 2. The van der Waals surface area contributed by atoms with Gasteiger partial charge in [-0.2, -0.15) is 0 Å². The number of amides is 3. The van der Waals surface area contributed by atoms with Gasteiger partial charge >= 0.3 is 6.03 Å². The Morgan fingerprint density at radius 2 is 2.07 bits per heavy atom. The Kier molecular flexibility index (Phi) is 7.39. The summed E-state index contributed by atoms with van der Waals surface area (Å²) in [5.41, 5.74) is 1.86. The minimum absolute atomic E-state index is 0. The fourth-order valence-corrected chi connectivity index (χ4v) is 2.87. The molecular weight excluding hydrogens is 466 g/mol. The van der Waals surface area contributed by atoms with E-state index in [4.69, 9.17) is 0 Å². The van der Waals surface area contributed by atoms with Crippen molar-refractivity contribution in [3.05, 3.63) is 35.8 Å². The predicted molar refractivity (Wildman–Crippen MR) is 112 cm³/mol. The van der Waals surface area contributed by atoms with Crippen LogP contribution < -0.4 is 16.0 Å². The molecule has 0 aliphatic carbocycles. The van der Waals surface area contributed by atoms with Gasteiger partial charge in [0.1, 0.15) is 5.82 Å². The minimum Gasteiger partial charge on any atom is -0.361 e. The van der Waals surface area contributed by atoms with Crippen molar-refractivity contribution < 1.29 is 14.0 Å². The molecule has 0 spiro atoms. The number of hydrogen-bond donors (Lipinski definition) is 4. The van der Waals surface area contributed by atoms with E-state index in [1.807, 2.05) is 6.20 Å². The number of nitrogens with zero attached hydrogens (tertiary/aromatic N) is 2. The van der Waals surface area contributed by atoms with Crippen LogP contribution in [-0.4, -0.2) is 61.0 Å². The van der Waals surface area contributed by atoms with Crippen molar-refractivity contribution in [1.82, 2.24) is 25.8 Å². The van der Waals surface area contributed by atoms with Crippen molar-refractivity contribution >= 4 is 52.8 Å². The lowest BCUT2D eigenvalue weighted by Gasteiger charge is -2.15. The average molecular weight is 488 g/mol. The zero-order valence-electron chi connectivity index (χ0n) is 14.8. The van der Waals surface area contributed by atoms with Crippen molar-refractivity contribution in [2.45, 2.75) is 6.42 Å². The number of H-pyrrole nitrogens is 1. The summed E-state index contributed by atoms with van der Waals surface area (Å²) in [7, 11) is 1.65. The summed E-state index contributed by atoms with van der Waals surface area (Å²) < 4.78 is 13.2. The molecule has 1 aliphatic rings. The van der Waals surface area contributed by atoms with E-state index in [1.54, 1.807) is 13.1 Å². The molecule has 10 heteroatoms. The Bertz CT molecular complexity index is 837. The van der Waals surface area contributed by atoms with Gasteiger partial charge in [-0.3, -0.25) is 14.7 Å². The number of imide groups is 1. The molecule has 0 radical (unpaired) electrons. The molecule has 1 fully saturated rings. The third kappa shape index (κ3) is 5.08. The van der Waals surface area contributed by atoms with Crippen molar-refractivity contribution in [2.24, 2.45) is 4.99 Å². The highest BCUT2D eigenvalue weighted by atomic mass is 127. The van der Waals surface area contributed by atoms with Gasteiger partial charge in [-0.15, -0.1) is 24.0 Å². The lowest BCUT2D eigenvalue weighted by Crippen LogP contribution is -2.43. The molecule has 0 bridgehead atoms. The number of aromatic amines is 1. The molecule has 3 amide bonds. The molecule has 27 heavy (non-hydrogen) atoms. The highest BCUT2D eigenvalue weighted by Crippen LogP contribution is 2.19. The molecule has 8 nitrogen and oxygen atoms in total. The zero-order valence-corrected chi connectivity index (χ0v) is 17.2. The topological polar surface area (TPSA) is 102 Å². The SMILES string of the molecule is CN=C(NCCc1c[nH]c2cc(F)ccc12)NCCN1C(=O)CNC1=O.I. The molecule has 4 N–H and O–H groups in total. The highest BCUT2D eigenvalue weighted by Gasteiger charge is 2.27. The number of nitrogens with one attached hydrogen (secondary N) is 4. The maximum Gasteiger partial charge on any atom is 0.324 e. The number of guanidine groups is 1. The summed E-state index contributed by atoms with van der Waals surface area (Å²) in [6, 6.07) is 4.32. The molecule has 2 heterocycles. The predicted octanol–water partition coefficient (Wildman–Crippen LogP) is 1.18. The monoisotopic (exact) mass is 488 g/mol. The first kappa shape index (κ1) is 20.9. The lowest BCUT2D eigenvalue weighted by atomic mass is 10.1. The Labute approximate surface area is 173 Å². The zero-order chi connectivity index (χ0) is 18.5. The van der Waals surface area contributed by atoms with E-state index >= 15 is 0 Å². The molecule has 0 unspecified atom stereocenters. The van der Waals surface area contributed by atoms with Crippen molar-refractivity contribution in [1.29, 1.82) is 0 Å². The molecular formula is C17H22FIN6O2. The molecule has 0 atom stereocenters. The van der Waals surface area contributed by atoms with Gasteiger partial charge in [-0.05, 0) is 30.2 Å². The number of benzene rings is 1. The van der Waals surface area contributed by atoms with E-state index in [0.29, 0.717) is 19.0 Å². The fourth-order valence-electron chi connectivity index (χ4n) is 2.87. The van der Waals surface area contributed by atoms with Crippen LogP contribution in [0.15, 0.2) is 29.4 Å². The molecule has 146 valence electrons. The molecule has 0 saturated carbocycles. The first-order valence-electron chi connectivity index (χ1n) is 8.36. The second kappa shape index (κ2) is 9.53. The number of fused-ring (bicyclic) bond motifs is 1. The third-order valence-corrected chi connectivity index (χ3v) is 4.20. The van der Waals surface area contributed by atoms with Gasteiger partial charge in [0, 0.05) is 43.8 Å². The van der Waals surface area contributed by atoms with Crippen molar-refractivity contribution in [3.63, 3.8) is 0 Å². The quantitative estimate of drug-likeness (QED) is 0.212. The Morgan fingerprint density at radius 1 is 1.30 bits per heavy atom. The van der Waals surface area contributed by atoms with E-state index in [2.05, 4.69) is 25.9 Å². The highest BCUT2D eigenvalue weighted by molar-refractivity contribution is 14.0. The Balaban J connectivity index is 0.00000261. The van der Waals surface area contributed by atoms with Crippen LogP contribution in [0.2, 0.25) is 0 Å². The van der Waals surface area contributed by atoms with Gasteiger partial charge in [0.15, 0.2) is 5.96 Å². The lowest BCUT2D eigenvalue weighted by molar-refractivity contribution is -0.124. The fraction of sp³-hybridized carbons (Fsp3) is 0.353. The van der Waals surface area contributed by atoms with Crippen LogP contribution in [0.4, 0.5) is 9.18 Å². The summed E-state index contributed by atoms with van der Waals surface area (Å²) in [4.78, 5) is 31.3. The van der Waals surface area contributed by atoms with Crippen LogP contribution in [0.5, 0.6) is 0 Å². The van der Waals surface area contributed by atoms with Crippen LogP contribution in [0.25, 0.3) is 10.9 Å². The van der Waals surface area contributed by atoms with Crippen LogP contribution in [0, 0.1) is 5.82 Å². The van der Waals surface area contributed by atoms with Gasteiger partial charge in [0.05, 0.1) is 6.54 Å².